The molecule has 3 rings (SSSR count). The first-order chi connectivity index (χ1) is 12.1. The maximum Gasteiger partial charge on any atom is 0.224 e. The molecule has 0 saturated heterocycles. The number of aliphatic hydroxyl groups is 1. The van der Waals surface area contributed by atoms with Gasteiger partial charge in [0.15, 0.2) is 0 Å². The van der Waals surface area contributed by atoms with Crippen LogP contribution in [-0.4, -0.2) is 29.7 Å². The largest absolute Gasteiger partial charge is 0.496 e. The number of H-pyrrole nitrogens is 1. The van der Waals surface area contributed by atoms with E-state index in [-0.39, 0.29) is 18.9 Å². The second-order valence-corrected chi connectivity index (χ2v) is 6.11. The highest BCUT2D eigenvalue weighted by Gasteiger charge is 2.14. The molecule has 3 N–H and O–H groups in total. The molecule has 1 unspecified atom stereocenters. The molecule has 0 aliphatic carbocycles. The van der Waals surface area contributed by atoms with E-state index in [0.717, 1.165) is 33.3 Å². The minimum absolute atomic E-state index is 0.140. The van der Waals surface area contributed by atoms with E-state index in [2.05, 4.69) is 10.3 Å². The molecule has 5 nitrogen and oxygen atoms in total. The molecule has 0 aliphatic heterocycles. The summed E-state index contributed by atoms with van der Waals surface area (Å²) >= 11 is 0. The van der Waals surface area contributed by atoms with Gasteiger partial charge in [0.2, 0.25) is 5.91 Å². The topological polar surface area (TPSA) is 74.4 Å². The fraction of sp³-hybridized carbons (Fsp3) is 0.250. The third-order valence-electron chi connectivity index (χ3n) is 4.24. The summed E-state index contributed by atoms with van der Waals surface area (Å²) in [6.45, 7) is 2.15. The van der Waals surface area contributed by atoms with Gasteiger partial charge in [-0.25, -0.2) is 0 Å². The number of amides is 1. The van der Waals surface area contributed by atoms with Crippen LogP contribution in [0.25, 0.3) is 10.9 Å². The molecule has 0 aliphatic rings. The van der Waals surface area contributed by atoms with Gasteiger partial charge in [0.1, 0.15) is 5.75 Å². The average Bonchev–Trinajstić information content (AvgIpc) is 3.02. The van der Waals surface area contributed by atoms with Gasteiger partial charge in [0.05, 0.1) is 19.6 Å². The summed E-state index contributed by atoms with van der Waals surface area (Å²) in [6.07, 6.45) is 1.33. The van der Waals surface area contributed by atoms with Gasteiger partial charge in [-0.05, 0) is 30.2 Å². The van der Waals surface area contributed by atoms with E-state index in [0.29, 0.717) is 0 Å². The third-order valence-corrected chi connectivity index (χ3v) is 4.24. The maximum atomic E-state index is 12.3. The number of carbonyl (C=O) groups is 1. The van der Waals surface area contributed by atoms with Crippen molar-refractivity contribution in [3.63, 3.8) is 0 Å². The molecule has 3 aromatic rings. The van der Waals surface area contributed by atoms with E-state index in [4.69, 9.17) is 4.74 Å². The number of rotatable bonds is 6. The Kier molecular flexibility index (Phi) is 5.05. The van der Waals surface area contributed by atoms with Crippen molar-refractivity contribution in [2.24, 2.45) is 0 Å². The van der Waals surface area contributed by atoms with Gasteiger partial charge >= 0.3 is 0 Å². The van der Waals surface area contributed by atoms with E-state index >= 15 is 0 Å². The Morgan fingerprint density at radius 2 is 2.08 bits per heavy atom. The summed E-state index contributed by atoms with van der Waals surface area (Å²) in [7, 11) is 1.61. The number of aromatic amines is 1. The van der Waals surface area contributed by atoms with Crippen molar-refractivity contribution in [2.75, 3.05) is 13.7 Å². The number of aryl methyl sites for hydroxylation is 1. The first-order valence-corrected chi connectivity index (χ1v) is 8.23. The fourth-order valence-electron chi connectivity index (χ4n) is 2.97. The minimum atomic E-state index is -0.721. The standard InChI is InChI=1S/C20H22N2O3/c1-13-5-3-6-14(9-13)17(23)12-22-19(24)10-15-11-21-16-7-4-8-18(25-2)20(15)16/h3-9,11,17,21,23H,10,12H2,1-2H3,(H,22,24). The molecule has 0 bridgehead atoms. The normalized spacial score (nSPS) is 12.1. The number of nitrogens with one attached hydrogen (secondary N) is 2. The van der Waals surface area contributed by atoms with Crippen molar-refractivity contribution in [1.29, 1.82) is 0 Å². The molecule has 0 spiro atoms. The van der Waals surface area contributed by atoms with Gasteiger partial charge in [-0.1, -0.05) is 35.9 Å². The van der Waals surface area contributed by atoms with Crippen LogP contribution in [0.15, 0.2) is 48.7 Å². The van der Waals surface area contributed by atoms with Gasteiger partial charge in [0.25, 0.3) is 0 Å². The van der Waals surface area contributed by atoms with Crippen LogP contribution in [0.2, 0.25) is 0 Å². The van der Waals surface area contributed by atoms with E-state index < -0.39 is 6.10 Å². The number of ether oxygens (including phenoxy) is 1. The lowest BCUT2D eigenvalue weighted by atomic mass is 10.1. The number of aromatic nitrogens is 1. The highest BCUT2D eigenvalue weighted by Crippen LogP contribution is 2.28. The van der Waals surface area contributed by atoms with Crippen LogP contribution >= 0.6 is 0 Å². The SMILES string of the molecule is COc1cccc2[nH]cc(CC(=O)NCC(O)c3cccc(C)c3)c12. The minimum Gasteiger partial charge on any atom is -0.496 e. The van der Waals surface area contributed by atoms with Gasteiger partial charge in [-0.3, -0.25) is 4.79 Å². The lowest BCUT2D eigenvalue weighted by molar-refractivity contribution is -0.120. The zero-order valence-electron chi connectivity index (χ0n) is 14.4. The van der Waals surface area contributed by atoms with E-state index in [1.54, 1.807) is 7.11 Å². The molecule has 25 heavy (non-hydrogen) atoms. The van der Waals surface area contributed by atoms with Crippen LogP contribution in [-0.2, 0) is 11.2 Å². The van der Waals surface area contributed by atoms with E-state index in [1.807, 2.05) is 55.6 Å². The van der Waals surface area contributed by atoms with Gasteiger partial charge in [0, 0.05) is 23.6 Å². The van der Waals surface area contributed by atoms with Crippen molar-refractivity contribution >= 4 is 16.8 Å². The van der Waals surface area contributed by atoms with Crippen molar-refractivity contribution in [2.45, 2.75) is 19.4 Å². The third kappa shape index (κ3) is 3.83. The number of hydrogen-bond acceptors (Lipinski definition) is 3. The summed E-state index contributed by atoms with van der Waals surface area (Å²) in [4.78, 5) is 15.4. The smallest absolute Gasteiger partial charge is 0.224 e. The molecule has 0 radical (unpaired) electrons. The van der Waals surface area contributed by atoms with Crippen molar-refractivity contribution < 1.29 is 14.6 Å². The van der Waals surface area contributed by atoms with Crippen LogP contribution in [0.3, 0.4) is 0 Å². The molecular formula is C20H22N2O3. The molecule has 1 atom stereocenters. The monoisotopic (exact) mass is 338 g/mol. The molecule has 1 amide bonds. The Morgan fingerprint density at radius 1 is 1.28 bits per heavy atom. The summed E-state index contributed by atoms with van der Waals surface area (Å²) in [5.74, 6) is 0.597. The zero-order chi connectivity index (χ0) is 17.8. The predicted molar refractivity (Wildman–Crippen MR) is 97.7 cm³/mol. The van der Waals surface area contributed by atoms with E-state index in [1.165, 1.54) is 0 Å². The Balaban J connectivity index is 1.65. The molecular weight excluding hydrogens is 316 g/mol. The summed E-state index contributed by atoms with van der Waals surface area (Å²) in [5, 5.41) is 13.9. The van der Waals surface area contributed by atoms with Crippen LogP contribution < -0.4 is 10.1 Å². The van der Waals surface area contributed by atoms with Crippen LogP contribution in [0.1, 0.15) is 22.8 Å². The van der Waals surface area contributed by atoms with Crippen molar-refractivity contribution in [1.82, 2.24) is 10.3 Å². The Bertz CT molecular complexity index is 886. The highest BCUT2D eigenvalue weighted by molar-refractivity contribution is 5.93. The first kappa shape index (κ1) is 17.0. The average molecular weight is 338 g/mol. The number of carbonyl (C=O) groups excluding carboxylic acids is 1. The number of fused-ring (bicyclic) bond motifs is 1. The highest BCUT2D eigenvalue weighted by atomic mass is 16.5. The summed E-state index contributed by atoms with van der Waals surface area (Å²) < 4.78 is 5.38. The lowest BCUT2D eigenvalue weighted by Gasteiger charge is -2.13. The Hall–Kier alpha value is -2.79. The molecule has 0 saturated carbocycles. The summed E-state index contributed by atoms with van der Waals surface area (Å²) in [6, 6.07) is 13.4. The van der Waals surface area contributed by atoms with Crippen molar-refractivity contribution in [3.8, 4) is 5.75 Å². The molecule has 2 aromatic carbocycles. The quantitative estimate of drug-likeness (QED) is 0.647. The van der Waals surface area contributed by atoms with Crippen LogP contribution in [0.4, 0.5) is 0 Å². The number of aliphatic hydroxyl groups excluding tert-OH is 1. The predicted octanol–water partition coefficient (Wildman–Crippen LogP) is 2.88. The second-order valence-electron chi connectivity index (χ2n) is 6.11. The molecule has 5 heteroatoms. The Labute approximate surface area is 146 Å². The number of hydrogen-bond donors (Lipinski definition) is 3. The molecule has 0 fully saturated rings. The second kappa shape index (κ2) is 7.40. The Morgan fingerprint density at radius 3 is 2.84 bits per heavy atom. The van der Waals surface area contributed by atoms with Crippen LogP contribution in [0, 0.1) is 6.92 Å². The first-order valence-electron chi connectivity index (χ1n) is 8.23. The lowest BCUT2D eigenvalue weighted by Crippen LogP contribution is -2.29. The number of benzene rings is 2. The fourth-order valence-corrected chi connectivity index (χ4v) is 2.97. The molecule has 1 heterocycles. The van der Waals surface area contributed by atoms with Crippen molar-refractivity contribution in [3.05, 3.63) is 65.4 Å². The summed E-state index contributed by atoms with van der Waals surface area (Å²) in [5.41, 5.74) is 3.68. The van der Waals surface area contributed by atoms with Gasteiger partial charge in [-0.15, -0.1) is 0 Å². The zero-order valence-corrected chi connectivity index (χ0v) is 14.4. The van der Waals surface area contributed by atoms with Gasteiger partial charge in [-0.2, -0.15) is 0 Å². The molecule has 1 aromatic heterocycles. The maximum absolute atomic E-state index is 12.3. The number of methoxy groups -OCH3 is 1. The van der Waals surface area contributed by atoms with Gasteiger partial charge < -0.3 is 20.1 Å². The van der Waals surface area contributed by atoms with Crippen LogP contribution in [0.5, 0.6) is 5.75 Å². The van der Waals surface area contributed by atoms with E-state index in [9.17, 15) is 9.90 Å². The molecule has 130 valence electrons.